The number of carbonyl (C=O) groups is 2. The Labute approximate surface area is 153 Å². The minimum Gasteiger partial charge on any atom is -0.313 e. The molecule has 10 nitrogen and oxygen atoms in total. The monoisotopic (exact) mass is 382 g/mol. The number of hydrogen-bond acceptors (Lipinski definition) is 6. The lowest BCUT2D eigenvalue weighted by atomic mass is 10.2. The third-order valence-electron chi connectivity index (χ3n) is 3.81. The predicted octanol–water partition coefficient (Wildman–Crippen LogP) is -0.651. The maximum absolute atomic E-state index is 12.4. The number of nitrogens with one attached hydrogen (secondary N) is 2. The van der Waals surface area contributed by atoms with Crippen molar-refractivity contribution in [3.8, 4) is 0 Å². The molecule has 0 saturated carbocycles. The summed E-state index contributed by atoms with van der Waals surface area (Å²) in [6.45, 7) is 5.73. The molecule has 2 amide bonds. The lowest BCUT2D eigenvalue weighted by Crippen LogP contribution is -2.44. The number of aromatic nitrogens is 4. The largest absolute Gasteiger partial charge is 0.332 e. The number of hydrogen-bond donors (Lipinski definition) is 2. The van der Waals surface area contributed by atoms with Crippen LogP contribution in [0.1, 0.15) is 20.8 Å². The maximum atomic E-state index is 12.4. The van der Waals surface area contributed by atoms with E-state index in [1.54, 1.807) is 25.5 Å². The molecule has 2 heterocycles. The Bertz CT molecular complexity index is 971. The van der Waals surface area contributed by atoms with Gasteiger partial charge in [0.2, 0.25) is 11.8 Å². The molecule has 2 aromatic rings. The molecule has 142 valence electrons. The summed E-state index contributed by atoms with van der Waals surface area (Å²) in [5.74, 6) is -0.941. The van der Waals surface area contributed by atoms with Crippen molar-refractivity contribution in [3.63, 3.8) is 0 Å². The van der Waals surface area contributed by atoms with Gasteiger partial charge < -0.3 is 4.57 Å². The van der Waals surface area contributed by atoms with Crippen molar-refractivity contribution in [1.29, 1.82) is 0 Å². The average Bonchev–Trinajstić information content (AvgIpc) is 2.99. The van der Waals surface area contributed by atoms with Gasteiger partial charge in [-0.15, -0.1) is 0 Å². The second-order valence-corrected chi connectivity index (χ2v) is 6.94. The van der Waals surface area contributed by atoms with Crippen molar-refractivity contribution in [1.82, 2.24) is 29.5 Å². The SMILES string of the molecule is CCn1c(SCC(=O)NNC(=O)C(C)C)nc2c1c(=O)n(C)c(=O)n2C. The molecule has 0 aliphatic carbocycles. The first kappa shape index (κ1) is 19.8. The van der Waals surface area contributed by atoms with Gasteiger partial charge in [-0.2, -0.15) is 0 Å². The van der Waals surface area contributed by atoms with E-state index in [1.807, 2.05) is 6.92 Å². The van der Waals surface area contributed by atoms with Crippen LogP contribution in [0.15, 0.2) is 14.7 Å². The number of amides is 2. The number of nitrogens with zero attached hydrogens (tertiary/aromatic N) is 4. The van der Waals surface area contributed by atoms with Gasteiger partial charge in [0.25, 0.3) is 5.56 Å². The number of aryl methyl sites for hydroxylation is 2. The highest BCUT2D eigenvalue weighted by atomic mass is 32.2. The minimum atomic E-state index is -0.464. The van der Waals surface area contributed by atoms with Crippen LogP contribution in [0.4, 0.5) is 0 Å². The molecule has 0 radical (unpaired) electrons. The van der Waals surface area contributed by atoms with Crippen molar-refractivity contribution in [2.45, 2.75) is 32.5 Å². The summed E-state index contributed by atoms with van der Waals surface area (Å²) in [6, 6.07) is 0. The van der Waals surface area contributed by atoms with Crippen LogP contribution in [0.2, 0.25) is 0 Å². The molecule has 2 N–H and O–H groups in total. The summed E-state index contributed by atoms with van der Waals surface area (Å²) in [5.41, 5.74) is 4.35. The molecule has 0 saturated heterocycles. The van der Waals surface area contributed by atoms with Gasteiger partial charge in [-0.3, -0.25) is 34.4 Å². The summed E-state index contributed by atoms with van der Waals surface area (Å²) in [6.07, 6.45) is 0. The van der Waals surface area contributed by atoms with Gasteiger partial charge in [-0.05, 0) is 6.92 Å². The van der Waals surface area contributed by atoms with Crippen LogP contribution in [-0.2, 0) is 30.2 Å². The van der Waals surface area contributed by atoms with E-state index < -0.39 is 17.2 Å². The molecule has 0 atom stereocenters. The van der Waals surface area contributed by atoms with E-state index >= 15 is 0 Å². The van der Waals surface area contributed by atoms with E-state index in [1.165, 1.54) is 11.6 Å². The molecule has 0 bridgehead atoms. The maximum Gasteiger partial charge on any atom is 0.332 e. The lowest BCUT2D eigenvalue weighted by molar-refractivity contribution is -0.129. The Morgan fingerprint density at radius 1 is 1.15 bits per heavy atom. The number of thioether (sulfide) groups is 1. The highest BCUT2D eigenvalue weighted by Gasteiger charge is 2.19. The van der Waals surface area contributed by atoms with E-state index in [0.29, 0.717) is 17.2 Å². The molecule has 0 aromatic carbocycles. The number of fused-ring (bicyclic) bond motifs is 1. The van der Waals surface area contributed by atoms with Crippen molar-refractivity contribution >= 4 is 34.7 Å². The fourth-order valence-electron chi connectivity index (χ4n) is 2.27. The summed E-state index contributed by atoms with van der Waals surface area (Å²) < 4.78 is 4.00. The number of rotatable bonds is 5. The van der Waals surface area contributed by atoms with Gasteiger partial charge in [0.1, 0.15) is 0 Å². The molecule has 26 heavy (non-hydrogen) atoms. The normalized spacial score (nSPS) is 11.2. The Morgan fingerprint density at radius 3 is 2.38 bits per heavy atom. The van der Waals surface area contributed by atoms with Crippen molar-refractivity contribution < 1.29 is 9.59 Å². The quantitative estimate of drug-likeness (QED) is 0.524. The van der Waals surface area contributed by atoms with Crippen LogP contribution in [0.3, 0.4) is 0 Å². The van der Waals surface area contributed by atoms with Gasteiger partial charge in [0.05, 0.1) is 5.75 Å². The third-order valence-corrected chi connectivity index (χ3v) is 4.79. The van der Waals surface area contributed by atoms with E-state index in [2.05, 4.69) is 15.8 Å². The molecule has 2 aromatic heterocycles. The predicted molar refractivity (Wildman–Crippen MR) is 97.7 cm³/mol. The van der Waals surface area contributed by atoms with E-state index in [-0.39, 0.29) is 23.2 Å². The van der Waals surface area contributed by atoms with Gasteiger partial charge >= 0.3 is 5.69 Å². The second kappa shape index (κ2) is 7.77. The first-order valence-corrected chi connectivity index (χ1v) is 9.05. The van der Waals surface area contributed by atoms with Crippen molar-refractivity contribution in [2.75, 3.05) is 5.75 Å². The molecule has 0 aliphatic heterocycles. The van der Waals surface area contributed by atoms with Gasteiger partial charge in [-0.25, -0.2) is 9.78 Å². The van der Waals surface area contributed by atoms with E-state index in [4.69, 9.17) is 0 Å². The molecule has 0 aliphatic rings. The topological polar surface area (TPSA) is 120 Å². The van der Waals surface area contributed by atoms with Crippen LogP contribution in [0, 0.1) is 5.92 Å². The summed E-state index contributed by atoms with van der Waals surface area (Å²) in [4.78, 5) is 52.2. The zero-order valence-electron chi connectivity index (χ0n) is 15.3. The Balaban J connectivity index is 2.26. The Kier molecular flexibility index (Phi) is 5.90. The van der Waals surface area contributed by atoms with Gasteiger partial charge in [0, 0.05) is 26.6 Å². The molecule has 0 unspecified atom stereocenters. The van der Waals surface area contributed by atoms with Gasteiger partial charge in [-0.1, -0.05) is 25.6 Å². The smallest absolute Gasteiger partial charge is 0.313 e. The molecule has 11 heteroatoms. The summed E-state index contributed by atoms with van der Waals surface area (Å²) in [5, 5.41) is 0.450. The summed E-state index contributed by atoms with van der Waals surface area (Å²) >= 11 is 1.12. The average molecular weight is 382 g/mol. The van der Waals surface area contributed by atoms with Crippen LogP contribution in [0.25, 0.3) is 11.2 Å². The Hall–Kier alpha value is -2.56. The highest BCUT2D eigenvalue weighted by Crippen LogP contribution is 2.21. The van der Waals surface area contributed by atoms with Crippen LogP contribution in [0.5, 0.6) is 0 Å². The second-order valence-electron chi connectivity index (χ2n) is 6.00. The van der Waals surface area contributed by atoms with E-state index in [0.717, 1.165) is 16.3 Å². The van der Waals surface area contributed by atoms with Gasteiger partial charge in [0.15, 0.2) is 16.3 Å². The molecular weight excluding hydrogens is 360 g/mol. The number of carbonyl (C=O) groups excluding carboxylic acids is 2. The third kappa shape index (κ3) is 3.66. The Morgan fingerprint density at radius 2 is 1.81 bits per heavy atom. The zero-order valence-corrected chi connectivity index (χ0v) is 16.1. The fourth-order valence-corrected chi connectivity index (χ4v) is 3.13. The molecule has 2 rings (SSSR count). The first-order valence-electron chi connectivity index (χ1n) is 8.06. The van der Waals surface area contributed by atoms with Crippen molar-refractivity contribution in [3.05, 3.63) is 20.8 Å². The zero-order chi connectivity index (χ0) is 19.6. The molecule has 0 spiro atoms. The minimum absolute atomic E-state index is 0.00401. The fraction of sp³-hybridized carbons (Fsp3) is 0.533. The first-order chi connectivity index (χ1) is 12.2. The van der Waals surface area contributed by atoms with Crippen LogP contribution in [-0.4, -0.2) is 36.3 Å². The highest BCUT2D eigenvalue weighted by molar-refractivity contribution is 7.99. The van der Waals surface area contributed by atoms with Crippen LogP contribution >= 0.6 is 11.8 Å². The van der Waals surface area contributed by atoms with E-state index in [9.17, 15) is 19.2 Å². The lowest BCUT2D eigenvalue weighted by Gasteiger charge is -2.09. The summed E-state index contributed by atoms with van der Waals surface area (Å²) in [7, 11) is 2.95. The number of imidazole rings is 1. The molecule has 0 fully saturated rings. The molecular formula is C15H22N6O4S. The van der Waals surface area contributed by atoms with Crippen molar-refractivity contribution in [2.24, 2.45) is 20.0 Å². The standard InChI is InChI=1S/C15H22N6O4S/c1-6-21-10-11(19(4)15(25)20(5)13(10)24)16-14(21)26-7-9(22)17-18-12(23)8(2)3/h8H,6-7H2,1-5H3,(H,17,22)(H,18,23). The van der Waals surface area contributed by atoms with Crippen LogP contribution < -0.4 is 22.1 Å². The number of hydrazine groups is 1.